The third-order valence-electron chi connectivity index (χ3n) is 2.72. The summed E-state index contributed by atoms with van der Waals surface area (Å²) in [5.74, 6) is -0.542. The van der Waals surface area contributed by atoms with Crippen molar-refractivity contribution < 1.29 is 14.3 Å². The summed E-state index contributed by atoms with van der Waals surface area (Å²) in [6, 6.07) is 7.15. The van der Waals surface area contributed by atoms with Gasteiger partial charge in [-0.1, -0.05) is 23.7 Å². The number of benzene rings is 1. The van der Waals surface area contributed by atoms with E-state index >= 15 is 0 Å². The molecular formula is C16H22ClNO3. The Morgan fingerprint density at radius 3 is 2.29 bits per heavy atom. The monoisotopic (exact) mass is 311 g/mol. The third-order valence-corrected chi connectivity index (χ3v) is 2.98. The maximum atomic E-state index is 11.8. The maximum Gasteiger partial charge on any atom is 0.306 e. The highest BCUT2D eigenvalue weighted by atomic mass is 35.5. The Bertz CT molecular complexity index is 491. The topological polar surface area (TPSA) is 55.4 Å². The first kappa shape index (κ1) is 17.5. The van der Waals surface area contributed by atoms with Gasteiger partial charge in [-0.15, -0.1) is 0 Å². The van der Waals surface area contributed by atoms with E-state index in [9.17, 15) is 9.59 Å². The summed E-state index contributed by atoms with van der Waals surface area (Å²) < 4.78 is 5.16. The number of halogens is 1. The molecule has 1 unspecified atom stereocenters. The molecule has 1 aromatic carbocycles. The van der Waals surface area contributed by atoms with E-state index in [1.807, 2.05) is 19.1 Å². The van der Waals surface area contributed by atoms with Crippen LogP contribution in [0.5, 0.6) is 0 Å². The standard InChI is InChI=1S/C16H22ClNO3/c1-11(12-5-7-13(17)8-6-12)18-14(19)9-10-15(20)21-16(2,3)4/h5-8,11H,9-10H2,1-4H3,(H,18,19). The van der Waals surface area contributed by atoms with E-state index in [0.717, 1.165) is 5.56 Å². The molecular weight excluding hydrogens is 290 g/mol. The van der Waals surface area contributed by atoms with E-state index in [-0.39, 0.29) is 30.8 Å². The third kappa shape index (κ3) is 7.14. The summed E-state index contributed by atoms with van der Waals surface area (Å²) in [7, 11) is 0. The number of hydrogen-bond donors (Lipinski definition) is 1. The largest absolute Gasteiger partial charge is 0.460 e. The first-order valence-corrected chi connectivity index (χ1v) is 7.32. The zero-order valence-corrected chi connectivity index (χ0v) is 13.7. The van der Waals surface area contributed by atoms with Gasteiger partial charge in [-0.05, 0) is 45.4 Å². The van der Waals surface area contributed by atoms with Crippen LogP contribution in [0.4, 0.5) is 0 Å². The Kier molecular flexibility index (Phi) is 6.21. The van der Waals surface area contributed by atoms with Crippen LogP contribution in [0.15, 0.2) is 24.3 Å². The van der Waals surface area contributed by atoms with Crippen molar-refractivity contribution in [2.24, 2.45) is 0 Å². The Hall–Kier alpha value is -1.55. The van der Waals surface area contributed by atoms with Crippen LogP contribution in [0.2, 0.25) is 5.02 Å². The molecule has 1 atom stereocenters. The van der Waals surface area contributed by atoms with E-state index in [0.29, 0.717) is 5.02 Å². The molecule has 1 rings (SSSR count). The van der Waals surface area contributed by atoms with Crippen molar-refractivity contribution >= 4 is 23.5 Å². The van der Waals surface area contributed by atoms with Crippen molar-refractivity contribution in [3.63, 3.8) is 0 Å². The van der Waals surface area contributed by atoms with E-state index in [4.69, 9.17) is 16.3 Å². The normalized spacial score (nSPS) is 12.6. The maximum absolute atomic E-state index is 11.8. The molecule has 0 heterocycles. The van der Waals surface area contributed by atoms with Crippen molar-refractivity contribution in [2.45, 2.75) is 52.2 Å². The zero-order valence-electron chi connectivity index (χ0n) is 12.9. The van der Waals surface area contributed by atoms with Gasteiger partial charge in [0.15, 0.2) is 0 Å². The zero-order chi connectivity index (χ0) is 16.0. The molecule has 116 valence electrons. The van der Waals surface area contributed by atoms with Gasteiger partial charge in [-0.2, -0.15) is 0 Å². The fourth-order valence-corrected chi connectivity index (χ4v) is 1.88. The molecule has 0 saturated carbocycles. The lowest BCUT2D eigenvalue weighted by Gasteiger charge is -2.19. The molecule has 1 aromatic rings. The van der Waals surface area contributed by atoms with Crippen molar-refractivity contribution in [2.75, 3.05) is 0 Å². The lowest BCUT2D eigenvalue weighted by molar-refractivity contribution is -0.155. The van der Waals surface area contributed by atoms with Crippen molar-refractivity contribution in [1.29, 1.82) is 0 Å². The molecule has 0 aliphatic carbocycles. The molecule has 1 N–H and O–H groups in total. The number of ether oxygens (including phenoxy) is 1. The van der Waals surface area contributed by atoms with Gasteiger partial charge in [0.05, 0.1) is 12.5 Å². The minimum absolute atomic E-state index is 0.0798. The number of carbonyl (C=O) groups excluding carboxylic acids is 2. The van der Waals surface area contributed by atoms with E-state index in [1.165, 1.54) is 0 Å². The Morgan fingerprint density at radius 1 is 1.19 bits per heavy atom. The minimum Gasteiger partial charge on any atom is -0.460 e. The molecule has 5 heteroatoms. The second-order valence-electron chi connectivity index (χ2n) is 5.93. The van der Waals surface area contributed by atoms with Crippen molar-refractivity contribution in [1.82, 2.24) is 5.32 Å². The molecule has 0 aromatic heterocycles. The highest BCUT2D eigenvalue weighted by Crippen LogP contribution is 2.16. The van der Waals surface area contributed by atoms with Crippen LogP contribution in [0, 0.1) is 0 Å². The van der Waals surface area contributed by atoms with Gasteiger partial charge >= 0.3 is 5.97 Å². The Morgan fingerprint density at radius 2 is 1.76 bits per heavy atom. The van der Waals surface area contributed by atoms with Gasteiger partial charge in [0, 0.05) is 11.4 Å². The van der Waals surface area contributed by atoms with Gasteiger partial charge in [-0.25, -0.2) is 0 Å². The molecule has 0 bridgehead atoms. The number of nitrogens with one attached hydrogen (secondary N) is 1. The van der Waals surface area contributed by atoms with Crippen LogP contribution in [-0.4, -0.2) is 17.5 Å². The number of hydrogen-bond acceptors (Lipinski definition) is 3. The molecule has 0 spiro atoms. The lowest BCUT2D eigenvalue weighted by atomic mass is 10.1. The summed E-state index contributed by atoms with van der Waals surface area (Å²) in [5.41, 5.74) is 0.439. The summed E-state index contributed by atoms with van der Waals surface area (Å²) in [6.07, 6.45) is 0.198. The van der Waals surface area contributed by atoms with Gasteiger partial charge in [0.25, 0.3) is 0 Å². The molecule has 4 nitrogen and oxygen atoms in total. The highest BCUT2D eigenvalue weighted by molar-refractivity contribution is 6.30. The Balaban J connectivity index is 2.40. The van der Waals surface area contributed by atoms with Crippen LogP contribution in [0.25, 0.3) is 0 Å². The van der Waals surface area contributed by atoms with Gasteiger partial charge in [0.1, 0.15) is 5.60 Å². The first-order chi connectivity index (χ1) is 9.67. The molecule has 0 aliphatic rings. The van der Waals surface area contributed by atoms with Crippen LogP contribution in [0.3, 0.4) is 0 Å². The van der Waals surface area contributed by atoms with Crippen LogP contribution in [0.1, 0.15) is 52.1 Å². The van der Waals surface area contributed by atoms with Crippen LogP contribution < -0.4 is 5.32 Å². The minimum atomic E-state index is -0.524. The smallest absolute Gasteiger partial charge is 0.306 e. The van der Waals surface area contributed by atoms with Gasteiger partial charge in [0.2, 0.25) is 5.91 Å². The van der Waals surface area contributed by atoms with Crippen molar-refractivity contribution in [3.8, 4) is 0 Å². The van der Waals surface area contributed by atoms with E-state index in [1.54, 1.807) is 32.9 Å². The SMILES string of the molecule is CC(NC(=O)CCC(=O)OC(C)(C)C)c1ccc(Cl)cc1. The molecule has 21 heavy (non-hydrogen) atoms. The summed E-state index contributed by atoms with van der Waals surface area (Å²) in [4.78, 5) is 23.4. The molecule has 1 amide bonds. The average Bonchev–Trinajstić information content (AvgIpc) is 2.35. The number of carbonyl (C=O) groups is 2. The van der Waals surface area contributed by atoms with Crippen LogP contribution >= 0.6 is 11.6 Å². The predicted octanol–water partition coefficient (Wildman–Crippen LogP) is 3.64. The lowest BCUT2D eigenvalue weighted by Crippen LogP contribution is -2.28. The van der Waals surface area contributed by atoms with Crippen molar-refractivity contribution in [3.05, 3.63) is 34.9 Å². The van der Waals surface area contributed by atoms with E-state index in [2.05, 4.69) is 5.32 Å². The fourth-order valence-electron chi connectivity index (χ4n) is 1.76. The average molecular weight is 312 g/mol. The van der Waals surface area contributed by atoms with Gasteiger partial charge < -0.3 is 10.1 Å². The summed E-state index contributed by atoms with van der Waals surface area (Å²) >= 11 is 5.82. The fraction of sp³-hybridized carbons (Fsp3) is 0.500. The van der Waals surface area contributed by atoms with Crippen LogP contribution in [-0.2, 0) is 14.3 Å². The summed E-state index contributed by atoms with van der Waals surface area (Å²) in [5, 5.41) is 3.50. The van der Waals surface area contributed by atoms with Gasteiger partial charge in [-0.3, -0.25) is 9.59 Å². The number of amides is 1. The second-order valence-corrected chi connectivity index (χ2v) is 6.36. The predicted molar refractivity (Wildman–Crippen MR) is 83.1 cm³/mol. The summed E-state index contributed by atoms with van der Waals surface area (Å²) in [6.45, 7) is 7.28. The number of rotatable bonds is 5. The molecule has 0 radical (unpaired) electrons. The second kappa shape index (κ2) is 7.46. The Labute approximate surface area is 130 Å². The first-order valence-electron chi connectivity index (χ1n) is 6.94. The van der Waals surface area contributed by atoms with E-state index < -0.39 is 5.60 Å². The quantitative estimate of drug-likeness (QED) is 0.845. The highest BCUT2D eigenvalue weighted by Gasteiger charge is 2.17. The molecule has 0 fully saturated rings. The molecule has 0 saturated heterocycles. The molecule has 0 aliphatic heterocycles. The number of esters is 1.